The highest BCUT2D eigenvalue weighted by Gasteiger charge is 2.33. The van der Waals surface area contributed by atoms with E-state index in [1.54, 1.807) is 13.8 Å². The van der Waals surface area contributed by atoms with Crippen LogP contribution >= 0.6 is 11.3 Å². The average molecular weight is 495 g/mol. The molecule has 0 bridgehead atoms. The normalized spacial score (nSPS) is 12.4. The summed E-state index contributed by atoms with van der Waals surface area (Å²) in [6.07, 6.45) is -3.16. The molecule has 0 saturated heterocycles. The molecule has 5 rings (SSSR count). The number of fused-ring (bicyclic) bond motifs is 5. The van der Waals surface area contributed by atoms with Crippen molar-refractivity contribution in [1.29, 1.82) is 0 Å². The van der Waals surface area contributed by atoms with Gasteiger partial charge in [-0.05, 0) is 43.7 Å². The van der Waals surface area contributed by atoms with Crippen LogP contribution in [0.2, 0.25) is 0 Å². The molecule has 0 unspecified atom stereocenters. The molecule has 0 amide bonds. The third-order valence-corrected chi connectivity index (χ3v) is 6.04. The lowest BCUT2D eigenvalue weighted by Gasteiger charge is -2.11. The number of ether oxygens (including phenoxy) is 2. The van der Waals surface area contributed by atoms with Gasteiger partial charge in [0.1, 0.15) is 21.6 Å². The molecule has 0 saturated carbocycles. The van der Waals surface area contributed by atoms with Crippen LogP contribution in [0.3, 0.4) is 0 Å². The maximum Gasteiger partial charge on any atom is 0.433 e. The quantitative estimate of drug-likeness (QED) is 0.284. The van der Waals surface area contributed by atoms with E-state index >= 15 is 0 Å². The smallest absolute Gasteiger partial charge is 0.433 e. The Morgan fingerprint density at radius 1 is 1.12 bits per heavy atom. The molecule has 0 N–H and O–H groups in total. The summed E-state index contributed by atoms with van der Waals surface area (Å²) in [4.78, 5) is 12.9. The Bertz CT molecular complexity index is 1550. The number of halogens is 5. The largest absolute Gasteiger partial charge is 0.490 e. The lowest BCUT2D eigenvalue weighted by molar-refractivity contribution is -0.141. The van der Waals surface area contributed by atoms with Crippen molar-refractivity contribution in [1.82, 2.24) is 24.6 Å². The van der Waals surface area contributed by atoms with Crippen molar-refractivity contribution in [3.05, 3.63) is 41.9 Å². The number of aromatic nitrogens is 5. The first kappa shape index (κ1) is 22.2. The molecule has 1 aromatic carbocycles. The van der Waals surface area contributed by atoms with Gasteiger partial charge in [0.15, 0.2) is 23.0 Å². The zero-order valence-electron chi connectivity index (χ0n) is 17.5. The molecule has 7 nitrogen and oxygen atoms in total. The number of benzene rings is 1. The van der Waals surface area contributed by atoms with Crippen LogP contribution in [0.4, 0.5) is 22.0 Å². The maximum absolute atomic E-state index is 13.2. The highest BCUT2D eigenvalue weighted by molar-refractivity contribution is 7.26. The van der Waals surface area contributed by atoms with Gasteiger partial charge in [0, 0.05) is 10.9 Å². The summed E-state index contributed by atoms with van der Waals surface area (Å²) in [5.41, 5.74) is 0.743. The molecule has 0 atom stereocenters. The summed E-state index contributed by atoms with van der Waals surface area (Å²) >= 11 is 1.04. The van der Waals surface area contributed by atoms with Crippen LogP contribution in [0.15, 0.2) is 30.6 Å². The second kappa shape index (κ2) is 8.01. The third kappa shape index (κ3) is 3.75. The second-order valence-corrected chi connectivity index (χ2v) is 8.20. The average Bonchev–Trinajstić information content (AvgIpc) is 3.35. The van der Waals surface area contributed by atoms with Gasteiger partial charge in [-0.2, -0.15) is 22.0 Å². The van der Waals surface area contributed by atoms with E-state index in [4.69, 9.17) is 4.74 Å². The SMILES string of the molecule is CCOc1cc(-c2nc3c4sc5nc(C(F)(F)F)cc(C)c5c4ncn3n2)ccc1OC(F)F. The lowest BCUT2D eigenvalue weighted by atomic mass is 10.1. The number of hydrogen-bond donors (Lipinski definition) is 0. The molecule has 176 valence electrons. The van der Waals surface area contributed by atoms with Crippen LogP contribution in [-0.4, -0.2) is 37.8 Å². The first-order valence-electron chi connectivity index (χ1n) is 9.90. The van der Waals surface area contributed by atoms with E-state index in [0.717, 1.165) is 17.4 Å². The summed E-state index contributed by atoms with van der Waals surface area (Å²) in [5.74, 6) is 0.223. The summed E-state index contributed by atoms with van der Waals surface area (Å²) in [6, 6.07) is 5.31. The number of alkyl halides is 5. The van der Waals surface area contributed by atoms with E-state index in [0.29, 0.717) is 32.4 Å². The molecule has 0 aliphatic heterocycles. The van der Waals surface area contributed by atoms with E-state index in [9.17, 15) is 22.0 Å². The van der Waals surface area contributed by atoms with Crippen LogP contribution in [-0.2, 0) is 6.18 Å². The highest BCUT2D eigenvalue weighted by atomic mass is 32.1. The van der Waals surface area contributed by atoms with Crippen molar-refractivity contribution in [2.24, 2.45) is 0 Å². The number of aryl methyl sites for hydroxylation is 1. The molecule has 4 heterocycles. The van der Waals surface area contributed by atoms with Crippen LogP contribution < -0.4 is 9.47 Å². The van der Waals surface area contributed by atoms with Crippen molar-refractivity contribution in [2.45, 2.75) is 26.6 Å². The van der Waals surface area contributed by atoms with E-state index in [1.165, 1.54) is 29.0 Å². The molecule has 0 aliphatic carbocycles. The van der Waals surface area contributed by atoms with Crippen molar-refractivity contribution in [3.8, 4) is 22.9 Å². The van der Waals surface area contributed by atoms with Crippen LogP contribution in [0.25, 0.3) is 37.5 Å². The predicted molar refractivity (Wildman–Crippen MR) is 114 cm³/mol. The number of hydrogen-bond acceptors (Lipinski definition) is 7. The van der Waals surface area contributed by atoms with Gasteiger partial charge < -0.3 is 9.47 Å². The number of rotatable bonds is 5. The molecule has 0 spiro atoms. The minimum Gasteiger partial charge on any atom is -0.490 e. The van der Waals surface area contributed by atoms with Gasteiger partial charge in [-0.25, -0.2) is 19.5 Å². The van der Waals surface area contributed by atoms with Crippen molar-refractivity contribution in [2.75, 3.05) is 6.61 Å². The summed E-state index contributed by atoms with van der Waals surface area (Å²) in [6.45, 7) is 0.484. The molecular formula is C21H14F5N5O2S. The summed E-state index contributed by atoms with van der Waals surface area (Å²) in [5, 5.41) is 4.90. The lowest BCUT2D eigenvalue weighted by Crippen LogP contribution is -2.07. The van der Waals surface area contributed by atoms with Gasteiger partial charge in [0.2, 0.25) is 0 Å². The highest BCUT2D eigenvalue weighted by Crippen LogP contribution is 2.39. The van der Waals surface area contributed by atoms with E-state index in [1.807, 2.05) is 0 Å². The zero-order valence-corrected chi connectivity index (χ0v) is 18.3. The topological polar surface area (TPSA) is 74.4 Å². The number of nitrogens with zero attached hydrogens (tertiary/aromatic N) is 5. The monoisotopic (exact) mass is 495 g/mol. The molecule has 0 fully saturated rings. The Kier molecular flexibility index (Phi) is 5.23. The first-order valence-corrected chi connectivity index (χ1v) is 10.7. The third-order valence-electron chi connectivity index (χ3n) is 4.97. The Morgan fingerprint density at radius 2 is 1.91 bits per heavy atom. The Balaban J connectivity index is 1.66. The molecule has 0 aliphatic rings. The van der Waals surface area contributed by atoms with Gasteiger partial charge in [-0.3, -0.25) is 0 Å². The Labute approximate surface area is 191 Å². The fraction of sp³-hybridized carbons (Fsp3) is 0.238. The zero-order chi connectivity index (χ0) is 24.2. The predicted octanol–water partition coefficient (Wildman–Crippen LogP) is 5.88. The Morgan fingerprint density at radius 3 is 2.62 bits per heavy atom. The maximum atomic E-state index is 13.2. The van der Waals surface area contributed by atoms with Crippen LogP contribution in [0, 0.1) is 6.92 Å². The molecule has 0 radical (unpaired) electrons. The molecular weight excluding hydrogens is 481 g/mol. The van der Waals surface area contributed by atoms with Gasteiger partial charge in [0.25, 0.3) is 0 Å². The fourth-order valence-corrected chi connectivity index (χ4v) is 4.76. The molecule has 4 aromatic heterocycles. The van der Waals surface area contributed by atoms with Crippen molar-refractivity contribution < 1.29 is 31.4 Å². The molecule has 13 heteroatoms. The second-order valence-electron chi connectivity index (χ2n) is 7.20. The molecule has 5 aromatic rings. The molecule has 34 heavy (non-hydrogen) atoms. The number of thiophene rings is 1. The summed E-state index contributed by atoms with van der Waals surface area (Å²) < 4.78 is 76.8. The first-order chi connectivity index (χ1) is 16.2. The summed E-state index contributed by atoms with van der Waals surface area (Å²) in [7, 11) is 0. The van der Waals surface area contributed by atoms with Crippen molar-refractivity contribution >= 4 is 37.4 Å². The van der Waals surface area contributed by atoms with E-state index < -0.39 is 18.5 Å². The van der Waals surface area contributed by atoms with Gasteiger partial charge in [0.05, 0.1) is 12.1 Å². The van der Waals surface area contributed by atoms with E-state index in [2.05, 4.69) is 24.8 Å². The Hall–Kier alpha value is -3.61. The van der Waals surface area contributed by atoms with Gasteiger partial charge in [-0.15, -0.1) is 16.4 Å². The van der Waals surface area contributed by atoms with Gasteiger partial charge >= 0.3 is 12.8 Å². The van der Waals surface area contributed by atoms with Gasteiger partial charge in [-0.1, -0.05) is 0 Å². The van der Waals surface area contributed by atoms with Crippen LogP contribution in [0.1, 0.15) is 18.2 Å². The minimum atomic E-state index is -4.57. The van der Waals surface area contributed by atoms with Crippen molar-refractivity contribution in [3.63, 3.8) is 0 Å². The minimum absolute atomic E-state index is 0.101. The van der Waals surface area contributed by atoms with Crippen LogP contribution in [0.5, 0.6) is 11.5 Å². The standard InChI is InChI=1S/C21H14F5N5O2S/c1-3-32-12-7-10(4-5-11(12)33-20(22)23)17-29-18-16-15(27-8-31(18)30-17)14-9(2)6-13(21(24,25)26)28-19(14)34-16/h4-8,20H,3H2,1-2H3. The number of pyridine rings is 1. The fourth-order valence-electron chi connectivity index (χ4n) is 3.59. The van der Waals surface area contributed by atoms with E-state index in [-0.39, 0.29) is 28.8 Å².